The summed E-state index contributed by atoms with van der Waals surface area (Å²) in [6.07, 6.45) is 4.95. The Morgan fingerprint density at radius 3 is 2.67 bits per heavy atom. The number of rotatable bonds is 3. The van der Waals surface area contributed by atoms with E-state index in [9.17, 15) is 4.79 Å². The van der Waals surface area contributed by atoms with Gasteiger partial charge in [0.2, 0.25) is 5.91 Å². The van der Waals surface area contributed by atoms with E-state index in [1.807, 2.05) is 6.92 Å². The lowest BCUT2D eigenvalue weighted by atomic mass is 9.78. The molecule has 1 aliphatic carbocycles. The van der Waals surface area contributed by atoms with Crippen LogP contribution in [-0.2, 0) is 9.53 Å². The van der Waals surface area contributed by atoms with E-state index >= 15 is 0 Å². The molecule has 1 saturated heterocycles. The number of hydrogen-bond donors (Lipinski definition) is 1. The van der Waals surface area contributed by atoms with Gasteiger partial charge in [0, 0.05) is 5.88 Å². The molecule has 2 atom stereocenters. The number of ether oxygens (including phenoxy) is 1. The van der Waals surface area contributed by atoms with Crippen LogP contribution < -0.4 is 5.32 Å². The van der Waals surface area contributed by atoms with Gasteiger partial charge in [-0.1, -0.05) is 0 Å². The number of halogens is 1. The van der Waals surface area contributed by atoms with Gasteiger partial charge in [-0.15, -0.1) is 11.6 Å². The third-order valence-electron chi connectivity index (χ3n) is 3.48. The van der Waals surface area contributed by atoms with E-state index in [2.05, 4.69) is 5.32 Å². The minimum atomic E-state index is -0.249. The fraction of sp³-hybridized carbons (Fsp3) is 0.909. The number of carbonyl (C=O) groups is 1. The van der Waals surface area contributed by atoms with Crippen LogP contribution in [0.15, 0.2) is 0 Å². The summed E-state index contributed by atoms with van der Waals surface area (Å²) in [5.74, 6) is 0.542. The molecule has 15 heavy (non-hydrogen) atoms. The van der Waals surface area contributed by atoms with Crippen molar-refractivity contribution >= 4 is 17.5 Å². The first-order valence-corrected chi connectivity index (χ1v) is 6.22. The fourth-order valence-corrected chi connectivity index (χ4v) is 2.57. The predicted octanol–water partition coefficient (Wildman–Crippen LogP) is 1.83. The van der Waals surface area contributed by atoms with Gasteiger partial charge in [-0.05, 0) is 39.0 Å². The van der Waals surface area contributed by atoms with E-state index in [4.69, 9.17) is 16.3 Å². The van der Waals surface area contributed by atoms with E-state index in [0.717, 1.165) is 32.1 Å². The van der Waals surface area contributed by atoms with E-state index in [1.54, 1.807) is 0 Å². The van der Waals surface area contributed by atoms with Gasteiger partial charge in [0.1, 0.15) is 6.10 Å². The molecule has 2 fully saturated rings. The normalized spacial score (nSPS) is 33.5. The van der Waals surface area contributed by atoms with Crippen molar-refractivity contribution in [3.8, 4) is 0 Å². The highest BCUT2D eigenvalue weighted by Gasteiger charge is 2.40. The summed E-state index contributed by atoms with van der Waals surface area (Å²) in [5.41, 5.74) is -0.131. The Morgan fingerprint density at radius 2 is 2.27 bits per heavy atom. The first-order valence-electron chi connectivity index (χ1n) is 5.69. The van der Waals surface area contributed by atoms with E-state index in [1.165, 1.54) is 0 Å². The molecule has 2 rings (SSSR count). The van der Waals surface area contributed by atoms with Crippen LogP contribution in [-0.4, -0.2) is 29.5 Å². The van der Waals surface area contributed by atoms with Gasteiger partial charge in [-0.2, -0.15) is 0 Å². The summed E-state index contributed by atoms with van der Waals surface area (Å²) >= 11 is 5.88. The molecule has 1 heterocycles. The second-order valence-corrected chi connectivity index (χ2v) is 5.04. The predicted molar refractivity (Wildman–Crippen MR) is 59.0 cm³/mol. The zero-order valence-electron chi connectivity index (χ0n) is 9.09. The molecular weight excluding hydrogens is 214 g/mol. The van der Waals surface area contributed by atoms with Crippen molar-refractivity contribution in [1.29, 1.82) is 0 Å². The maximum atomic E-state index is 11.9. The van der Waals surface area contributed by atoms with Crippen LogP contribution >= 0.6 is 11.6 Å². The molecule has 2 unspecified atom stereocenters. The molecule has 0 aromatic rings. The summed E-state index contributed by atoms with van der Waals surface area (Å²) < 4.78 is 5.53. The molecule has 0 aromatic heterocycles. The zero-order chi connectivity index (χ0) is 10.9. The smallest absolute Gasteiger partial charge is 0.249 e. The lowest BCUT2D eigenvalue weighted by molar-refractivity contribution is -0.134. The van der Waals surface area contributed by atoms with Crippen LogP contribution in [0.2, 0.25) is 0 Å². The third-order valence-corrected chi connectivity index (χ3v) is 3.99. The average Bonchev–Trinajstić information content (AvgIpc) is 2.58. The first kappa shape index (κ1) is 11.2. The van der Waals surface area contributed by atoms with Crippen LogP contribution in [0.5, 0.6) is 0 Å². The number of nitrogens with one attached hydrogen (secondary N) is 1. The third kappa shape index (κ3) is 2.28. The van der Waals surface area contributed by atoms with Crippen molar-refractivity contribution in [3.63, 3.8) is 0 Å². The minimum absolute atomic E-state index is 0.0275. The van der Waals surface area contributed by atoms with E-state index in [0.29, 0.717) is 5.88 Å². The van der Waals surface area contributed by atoms with Crippen LogP contribution in [0.1, 0.15) is 39.0 Å². The lowest BCUT2D eigenvalue weighted by Gasteiger charge is -2.41. The molecule has 1 amide bonds. The number of amides is 1. The van der Waals surface area contributed by atoms with Crippen LogP contribution in [0.4, 0.5) is 0 Å². The molecular formula is C11H18ClNO2. The Bertz CT molecular complexity index is 247. The minimum Gasteiger partial charge on any atom is -0.365 e. The molecule has 2 aliphatic rings. The Morgan fingerprint density at radius 1 is 1.53 bits per heavy atom. The molecule has 0 radical (unpaired) electrons. The topological polar surface area (TPSA) is 38.3 Å². The van der Waals surface area contributed by atoms with Gasteiger partial charge in [0.25, 0.3) is 0 Å². The summed E-state index contributed by atoms with van der Waals surface area (Å²) in [6.45, 7) is 2.01. The van der Waals surface area contributed by atoms with Crippen molar-refractivity contribution in [2.45, 2.75) is 56.8 Å². The fourth-order valence-electron chi connectivity index (χ4n) is 2.23. The summed E-state index contributed by atoms with van der Waals surface area (Å²) in [7, 11) is 0. The molecule has 0 bridgehead atoms. The van der Waals surface area contributed by atoms with Crippen LogP contribution in [0.3, 0.4) is 0 Å². The molecule has 1 aliphatic heterocycles. The quantitative estimate of drug-likeness (QED) is 0.753. The van der Waals surface area contributed by atoms with Crippen molar-refractivity contribution in [1.82, 2.24) is 5.32 Å². The monoisotopic (exact) mass is 231 g/mol. The molecule has 3 nitrogen and oxygen atoms in total. The number of alkyl halides is 1. The molecule has 0 spiro atoms. The maximum absolute atomic E-state index is 11.9. The summed E-state index contributed by atoms with van der Waals surface area (Å²) in [4.78, 5) is 11.9. The standard InChI is InChI=1S/C11H18ClNO2/c1-8-3-4-9(15-8)10(14)13-11(7-12)5-2-6-11/h8-9H,2-7H2,1H3,(H,13,14). The summed E-state index contributed by atoms with van der Waals surface area (Å²) in [6, 6.07) is 0. The van der Waals surface area contributed by atoms with Crippen molar-refractivity contribution < 1.29 is 9.53 Å². The van der Waals surface area contributed by atoms with E-state index in [-0.39, 0.29) is 23.7 Å². The second-order valence-electron chi connectivity index (χ2n) is 4.77. The maximum Gasteiger partial charge on any atom is 0.249 e. The van der Waals surface area contributed by atoms with Gasteiger partial charge in [-0.25, -0.2) is 0 Å². The largest absolute Gasteiger partial charge is 0.365 e. The van der Waals surface area contributed by atoms with Crippen LogP contribution in [0.25, 0.3) is 0 Å². The SMILES string of the molecule is CC1CCC(C(=O)NC2(CCl)CCC2)O1. The van der Waals surface area contributed by atoms with Gasteiger partial charge in [0.05, 0.1) is 11.6 Å². The Balaban J connectivity index is 1.86. The van der Waals surface area contributed by atoms with Gasteiger partial charge in [0.15, 0.2) is 0 Å². The molecule has 86 valence electrons. The highest BCUT2D eigenvalue weighted by atomic mass is 35.5. The van der Waals surface area contributed by atoms with Gasteiger partial charge < -0.3 is 10.1 Å². The molecule has 0 aromatic carbocycles. The summed E-state index contributed by atoms with van der Waals surface area (Å²) in [5, 5.41) is 3.05. The molecule has 4 heteroatoms. The average molecular weight is 232 g/mol. The van der Waals surface area contributed by atoms with Crippen LogP contribution in [0, 0.1) is 0 Å². The molecule has 1 saturated carbocycles. The van der Waals surface area contributed by atoms with Crippen molar-refractivity contribution in [3.05, 3.63) is 0 Å². The van der Waals surface area contributed by atoms with Gasteiger partial charge in [-0.3, -0.25) is 4.79 Å². The first-order chi connectivity index (χ1) is 7.15. The van der Waals surface area contributed by atoms with E-state index < -0.39 is 0 Å². The Kier molecular flexibility index (Phi) is 3.21. The van der Waals surface area contributed by atoms with Gasteiger partial charge >= 0.3 is 0 Å². The Labute approximate surface area is 95.5 Å². The second kappa shape index (κ2) is 4.30. The Hall–Kier alpha value is -0.280. The highest BCUT2D eigenvalue weighted by molar-refractivity contribution is 6.18. The highest BCUT2D eigenvalue weighted by Crippen LogP contribution is 2.33. The lowest BCUT2D eigenvalue weighted by Crippen LogP contribution is -2.57. The van der Waals surface area contributed by atoms with Crippen molar-refractivity contribution in [2.75, 3.05) is 5.88 Å². The number of hydrogen-bond acceptors (Lipinski definition) is 2. The zero-order valence-corrected chi connectivity index (χ0v) is 9.85. The van der Waals surface area contributed by atoms with Crippen molar-refractivity contribution in [2.24, 2.45) is 0 Å². The molecule has 1 N–H and O–H groups in total. The number of carbonyl (C=O) groups excluding carboxylic acids is 1.